The van der Waals surface area contributed by atoms with Gasteiger partial charge in [0.05, 0.1) is 38.8 Å². The molecule has 0 amide bonds. The summed E-state index contributed by atoms with van der Waals surface area (Å²) in [6.45, 7) is 19.1. The topological polar surface area (TPSA) is 21.3 Å². The van der Waals surface area contributed by atoms with Gasteiger partial charge in [-0.15, -0.1) is 0 Å². The lowest BCUT2D eigenvalue weighted by Crippen LogP contribution is -2.61. The predicted octanol–water partition coefficient (Wildman–Crippen LogP) is 25.6. The molecule has 6 heteroatoms. The monoisotopic (exact) mass is 1410 g/mol. The number of para-hydroxylation sites is 4. The molecule has 0 saturated heterocycles. The molecule has 5 nitrogen and oxygen atoms in total. The predicted molar refractivity (Wildman–Crippen MR) is 467 cm³/mol. The third-order valence-corrected chi connectivity index (χ3v) is 25.6. The summed E-state index contributed by atoms with van der Waals surface area (Å²) in [5.74, 6) is 0. The van der Waals surface area contributed by atoms with Crippen LogP contribution < -0.4 is 26.2 Å². The van der Waals surface area contributed by atoms with Gasteiger partial charge in [0.1, 0.15) is 0 Å². The Hall–Kier alpha value is -12.6. The molecule has 0 saturated carbocycles. The Morgan fingerprint density at radius 1 is 0.218 bits per heavy atom. The van der Waals surface area contributed by atoms with Crippen LogP contribution in [0.1, 0.15) is 90.5 Å². The summed E-state index contributed by atoms with van der Waals surface area (Å²) in [5, 5.41) is 7.33. The van der Waals surface area contributed by atoms with Crippen molar-refractivity contribution in [3.63, 3.8) is 0 Å². The van der Waals surface area contributed by atoms with Gasteiger partial charge in [-0.2, -0.15) is 0 Å². The molecule has 0 fully saturated rings. The van der Waals surface area contributed by atoms with Crippen molar-refractivity contribution in [3.8, 4) is 61.6 Å². The molecule has 0 bridgehead atoms. The van der Waals surface area contributed by atoms with Gasteiger partial charge >= 0.3 is 0 Å². The first-order chi connectivity index (χ1) is 53.5. The number of aromatic nitrogens is 3. The van der Waals surface area contributed by atoms with Crippen LogP contribution in [-0.4, -0.2) is 20.4 Å². The zero-order chi connectivity index (χ0) is 73.8. The number of nitrogens with zero attached hydrogens (tertiary/aromatic N) is 5. The molecule has 0 unspecified atom stereocenters. The van der Waals surface area contributed by atoms with E-state index >= 15 is 0 Å². The van der Waals surface area contributed by atoms with Gasteiger partial charge in [0.25, 0.3) is 6.71 Å². The van der Waals surface area contributed by atoms with Crippen LogP contribution in [0.3, 0.4) is 0 Å². The van der Waals surface area contributed by atoms with Crippen LogP contribution in [0.25, 0.3) is 127 Å². The number of anilines is 6. The van der Waals surface area contributed by atoms with Crippen molar-refractivity contribution >= 4 is 123 Å². The molecule has 15 aromatic carbocycles. The van der Waals surface area contributed by atoms with E-state index in [1.807, 2.05) is 0 Å². The van der Waals surface area contributed by atoms with Crippen LogP contribution in [0.15, 0.2) is 328 Å². The molecule has 0 atom stereocenters. The summed E-state index contributed by atoms with van der Waals surface area (Å²) in [4.78, 5) is 5.26. The number of benzene rings is 15. The molecule has 0 N–H and O–H groups in total. The summed E-state index contributed by atoms with van der Waals surface area (Å²) in [6.07, 6.45) is 2.24. The van der Waals surface area contributed by atoms with E-state index < -0.39 is 0 Å². The molecule has 526 valence electrons. The van der Waals surface area contributed by atoms with Crippen molar-refractivity contribution in [2.24, 2.45) is 0 Å². The second-order valence-electron chi connectivity index (χ2n) is 34.3. The van der Waals surface area contributed by atoms with E-state index in [1.165, 1.54) is 127 Å². The summed E-state index contributed by atoms with van der Waals surface area (Å²) in [6, 6.07) is 125. The minimum Gasteiger partial charge on any atom is -0.311 e. The Bertz CT molecular complexity index is 6490. The minimum absolute atomic E-state index is 0.0624. The van der Waals surface area contributed by atoms with Crippen LogP contribution in [0.2, 0.25) is 0 Å². The van der Waals surface area contributed by atoms with Crippen LogP contribution in [0, 0.1) is 0 Å². The number of fused-ring (bicyclic) bond motifs is 15. The molecular weight excluding hydrogens is 1330 g/mol. The minimum atomic E-state index is -0.206. The van der Waals surface area contributed by atoms with E-state index in [0.29, 0.717) is 0 Å². The molecule has 3 aromatic heterocycles. The van der Waals surface area contributed by atoms with Crippen molar-refractivity contribution in [1.82, 2.24) is 13.7 Å². The molecular formula is C104H82BN5. The SMILES string of the molecule is CC1(C)CC(C)(C)c2cc(-c3ccc(N4c5cc(-n6c7ccccc7c7cc(-c8ccccc8)ccc76)ccc5B5c6ccc(-n7c8ccccc8c8cc(-c9ccccc9)ccc87)cc6N(c6ccc(-c7ccc8c(c7)C(C)(C)CC8(C)C)cc6)c6cc(-n7c8ccccc8c8ccccc87)cc4c65)cc3)ccc21. The lowest BCUT2D eigenvalue weighted by atomic mass is 9.33. The highest BCUT2D eigenvalue weighted by molar-refractivity contribution is 7.00. The molecule has 22 rings (SSSR count). The molecule has 0 radical (unpaired) electrons. The van der Waals surface area contributed by atoms with Crippen molar-refractivity contribution < 1.29 is 0 Å². The molecule has 2 aliphatic carbocycles. The zero-order valence-corrected chi connectivity index (χ0v) is 63.4. The molecule has 5 heterocycles. The van der Waals surface area contributed by atoms with Crippen LogP contribution in [0.5, 0.6) is 0 Å². The standard InChI is InChI=1S/C104H82BN5/c1-101(2)63-103(5,6)86-57-71(39-49-84(86)101)67-35-43-73(44-36-67)106-96-59-75(108-92-33-21-17-29-80(92)82-55-69(41-53-94(82)108)65-23-11-9-12-24-65)47-51-88(96)105-89-52-48-76(109-93-34-22-18-30-81(93)83-56-70(42-54-95(83)109)66-25-13-10-14-26-66)60-97(89)107(74-45-37-68(38-46-74)72-40-50-85-87(58-72)104(7,8)64-102(85,3)4)99-62-77(61-98(106)100(99)105)110-90-31-19-15-27-78(90)79-28-16-20-32-91(79)110/h9-62H,63-64H2,1-8H3. The fourth-order valence-corrected chi connectivity index (χ4v) is 21.2. The smallest absolute Gasteiger partial charge is 0.252 e. The van der Waals surface area contributed by atoms with Crippen molar-refractivity contribution in [1.29, 1.82) is 0 Å². The Kier molecular flexibility index (Phi) is 13.8. The summed E-state index contributed by atoms with van der Waals surface area (Å²) >= 11 is 0. The summed E-state index contributed by atoms with van der Waals surface area (Å²) in [7, 11) is 0. The number of hydrogen-bond donors (Lipinski definition) is 0. The van der Waals surface area contributed by atoms with Gasteiger partial charge in [-0.05, 0) is 227 Å². The van der Waals surface area contributed by atoms with Crippen LogP contribution in [-0.2, 0) is 21.7 Å². The normalized spacial score (nSPS) is 15.4. The van der Waals surface area contributed by atoms with E-state index in [1.54, 1.807) is 0 Å². The second-order valence-corrected chi connectivity index (χ2v) is 34.3. The van der Waals surface area contributed by atoms with E-state index in [-0.39, 0.29) is 28.4 Å². The molecule has 18 aromatic rings. The van der Waals surface area contributed by atoms with Gasteiger partial charge in [0.15, 0.2) is 0 Å². The van der Waals surface area contributed by atoms with Crippen LogP contribution in [0.4, 0.5) is 34.1 Å². The molecule has 110 heavy (non-hydrogen) atoms. The number of hydrogen-bond acceptors (Lipinski definition) is 2. The molecule has 0 spiro atoms. The van der Waals surface area contributed by atoms with Gasteiger partial charge in [0, 0.05) is 77.8 Å². The van der Waals surface area contributed by atoms with Gasteiger partial charge in [-0.1, -0.05) is 274 Å². The Labute approximate surface area is 643 Å². The molecule has 2 aliphatic heterocycles. The van der Waals surface area contributed by atoms with E-state index in [4.69, 9.17) is 0 Å². The summed E-state index contributed by atoms with van der Waals surface area (Å²) in [5.41, 5.74) is 36.6. The fourth-order valence-electron chi connectivity index (χ4n) is 21.2. The Balaban J connectivity index is 0.821. The second kappa shape index (κ2) is 23.4. The van der Waals surface area contributed by atoms with Crippen molar-refractivity contribution in [2.45, 2.75) is 89.9 Å². The highest BCUT2D eigenvalue weighted by Gasteiger charge is 2.46. The summed E-state index contributed by atoms with van der Waals surface area (Å²) < 4.78 is 7.56. The van der Waals surface area contributed by atoms with Crippen molar-refractivity contribution in [3.05, 3.63) is 350 Å². The largest absolute Gasteiger partial charge is 0.311 e. The highest BCUT2D eigenvalue weighted by atomic mass is 15.2. The van der Waals surface area contributed by atoms with E-state index in [0.717, 1.165) is 86.1 Å². The van der Waals surface area contributed by atoms with Gasteiger partial charge in [-0.3, -0.25) is 0 Å². The highest BCUT2D eigenvalue weighted by Crippen LogP contribution is 2.54. The Morgan fingerprint density at radius 2 is 0.509 bits per heavy atom. The average molecular weight is 1410 g/mol. The van der Waals surface area contributed by atoms with Gasteiger partial charge in [0.2, 0.25) is 0 Å². The third-order valence-electron chi connectivity index (χ3n) is 25.6. The zero-order valence-electron chi connectivity index (χ0n) is 63.4. The van der Waals surface area contributed by atoms with Gasteiger partial charge in [-0.25, -0.2) is 0 Å². The third kappa shape index (κ3) is 9.60. The maximum atomic E-state index is 2.63. The maximum absolute atomic E-state index is 2.63. The van der Waals surface area contributed by atoms with Gasteiger partial charge < -0.3 is 23.5 Å². The van der Waals surface area contributed by atoms with E-state index in [2.05, 4.69) is 406 Å². The first kappa shape index (κ1) is 64.5. The average Bonchev–Trinajstić information content (AvgIpc) is 0.733. The number of rotatable bonds is 9. The van der Waals surface area contributed by atoms with Crippen molar-refractivity contribution in [2.75, 3.05) is 9.80 Å². The lowest BCUT2D eigenvalue weighted by molar-refractivity contribution is 0.402. The fraction of sp³-hybridized carbons (Fsp3) is 0.135. The first-order valence-electron chi connectivity index (χ1n) is 39.2. The van der Waals surface area contributed by atoms with E-state index in [9.17, 15) is 0 Å². The van der Waals surface area contributed by atoms with Crippen LogP contribution >= 0.6 is 0 Å². The lowest BCUT2D eigenvalue weighted by Gasteiger charge is -2.44. The first-order valence-corrected chi connectivity index (χ1v) is 39.2. The Morgan fingerprint density at radius 3 is 0.909 bits per heavy atom. The molecule has 4 aliphatic rings. The quantitative estimate of drug-likeness (QED) is 0.134. The maximum Gasteiger partial charge on any atom is 0.252 e.